The molecule has 1 N–H and O–H groups in total. The second-order valence-electron chi connectivity index (χ2n) is 7.08. The lowest BCUT2D eigenvalue weighted by Crippen LogP contribution is -2.15. The van der Waals surface area contributed by atoms with Gasteiger partial charge in [-0.1, -0.05) is 6.07 Å². The van der Waals surface area contributed by atoms with E-state index in [4.69, 9.17) is 4.74 Å². The maximum atomic E-state index is 14.4. The Bertz CT molecular complexity index is 1260. The summed E-state index contributed by atoms with van der Waals surface area (Å²) in [6, 6.07) is 12.6. The first kappa shape index (κ1) is 21.6. The number of anilines is 1. The molecular weight excluding hydrogens is 479 g/mol. The molecule has 4 aromatic rings. The van der Waals surface area contributed by atoms with Crippen molar-refractivity contribution in [3.63, 3.8) is 0 Å². The molecule has 162 valence electrons. The Balaban J connectivity index is 1.55. The van der Waals surface area contributed by atoms with Crippen LogP contribution in [0.3, 0.4) is 0 Å². The number of carbonyl (C=O) groups is 1. The maximum absolute atomic E-state index is 14.4. The second-order valence-corrected chi connectivity index (χ2v) is 7.99. The van der Waals surface area contributed by atoms with Crippen LogP contribution in [0.15, 0.2) is 65.5 Å². The van der Waals surface area contributed by atoms with E-state index in [1.807, 2.05) is 18.4 Å². The van der Waals surface area contributed by atoms with Gasteiger partial charge in [0.1, 0.15) is 29.4 Å². The Morgan fingerprint density at radius 3 is 2.78 bits per heavy atom. The van der Waals surface area contributed by atoms with Gasteiger partial charge in [0.05, 0.1) is 5.56 Å². The molecule has 3 aromatic heterocycles. The van der Waals surface area contributed by atoms with E-state index < -0.39 is 11.7 Å². The summed E-state index contributed by atoms with van der Waals surface area (Å²) in [6.45, 7) is 4.00. The highest BCUT2D eigenvalue weighted by atomic mass is 79.9. The molecule has 0 saturated heterocycles. The van der Waals surface area contributed by atoms with E-state index in [0.29, 0.717) is 17.4 Å². The predicted octanol–water partition coefficient (Wildman–Crippen LogP) is 5.26. The highest BCUT2D eigenvalue weighted by Crippen LogP contribution is 2.24. The number of hydrogen-bond donors (Lipinski definition) is 1. The first-order valence-corrected chi connectivity index (χ1v) is 10.5. The molecule has 0 aliphatic carbocycles. The molecule has 10 heteroatoms. The number of hydrogen-bond acceptors (Lipinski definition) is 6. The largest absolute Gasteiger partial charge is 0.439 e. The van der Waals surface area contributed by atoms with Crippen molar-refractivity contribution in [2.75, 3.05) is 5.32 Å². The Kier molecular flexibility index (Phi) is 6.22. The zero-order valence-electron chi connectivity index (χ0n) is 17.2. The highest BCUT2D eigenvalue weighted by Gasteiger charge is 2.16. The van der Waals surface area contributed by atoms with Gasteiger partial charge in [0.25, 0.3) is 5.91 Å². The third kappa shape index (κ3) is 4.80. The summed E-state index contributed by atoms with van der Waals surface area (Å²) in [5.41, 5.74) is 0.352. The first-order valence-electron chi connectivity index (χ1n) is 9.68. The van der Waals surface area contributed by atoms with Crippen LogP contribution in [0.2, 0.25) is 0 Å². The van der Waals surface area contributed by atoms with E-state index in [-0.39, 0.29) is 23.2 Å². The molecule has 0 bridgehead atoms. The molecule has 8 nitrogen and oxygen atoms in total. The average Bonchev–Trinajstić information content (AvgIpc) is 3.27. The third-order valence-electron chi connectivity index (χ3n) is 4.45. The van der Waals surface area contributed by atoms with Crippen molar-refractivity contribution in [2.24, 2.45) is 0 Å². The molecule has 0 unspecified atom stereocenters. The van der Waals surface area contributed by atoms with Gasteiger partial charge in [0, 0.05) is 22.8 Å². The van der Waals surface area contributed by atoms with Crippen LogP contribution in [-0.2, 0) is 0 Å². The van der Waals surface area contributed by atoms with Crippen molar-refractivity contribution in [3.05, 3.63) is 76.9 Å². The van der Waals surface area contributed by atoms with E-state index in [1.54, 1.807) is 42.9 Å². The van der Waals surface area contributed by atoms with Gasteiger partial charge in [0.2, 0.25) is 5.88 Å². The number of nitrogens with zero attached hydrogens (tertiary/aromatic N) is 5. The van der Waals surface area contributed by atoms with Crippen LogP contribution in [0.1, 0.15) is 30.2 Å². The highest BCUT2D eigenvalue weighted by molar-refractivity contribution is 9.10. The van der Waals surface area contributed by atoms with Gasteiger partial charge in [-0.2, -0.15) is 0 Å². The van der Waals surface area contributed by atoms with Crippen LogP contribution < -0.4 is 10.1 Å². The van der Waals surface area contributed by atoms with Crippen LogP contribution >= 0.6 is 15.9 Å². The van der Waals surface area contributed by atoms with E-state index >= 15 is 0 Å². The SMILES string of the molecule is CC(C)n1cnnc1-c1cccc(NC(=O)c2cc(Oc3ccc(Br)cn3)ccc2F)n1. The third-order valence-corrected chi connectivity index (χ3v) is 4.92. The Morgan fingerprint density at radius 1 is 1.19 bits per heavy atom. The summed E-state index contributed by atoms with van der Waals surface area (Å²) < 4.78 is 22.7. The van der Waals surface area contributed by atoms with Gasteiger partial charge in [-0.3, -0.25) is 4.79 Å². The number of amides is 1. The second kappa shape index (κ2) is 9.23. The summed E-state index contributed by atoms with van der Waals surface area (Å²) in [4.78, 5) is 21.3. The van der Waals surface area contributed by atoms with E-state index in [2.05, 4.69) is 41.4 Å². The Labute approximate surface area is 191 Å². The van der Waals surface area contributed by atoms with Crippen molar-refractivity contribution in [1.82, 2.24) is 24.7 Å². The van der Waals surface area contributed by atoms with Gasteiger partial charge < -0.3 is 14.6 Å². The summed E-state index contributed by atoms with van der Waals surface area (Å²) >= 11 is 3.30. The molecular formula is C22H18BrFN6O2. The number of rotatable bonds is 6. The molecule has 1 aromatic carbocycles. The molecule has 32 heavy (non-hydrogen) atoms. The fraction of sp³-hybridized carbons (Fsp3) is 0.136. The van der Waals surface area contributed by atoms with Crippen LogP contribution in [0, 0.1) is 5.82 Å². The molecule has 0 saturated carbocycles. The molecule has 0 fully saturated rings. The Morgan fingerprint density at radius 2 is 2.03 bits per heavy atom. The smallest absolute Gasteiger partial charge is 0.259 e. The topological polar surface area (TPSA) is 94.8 Å². The predicted molar refractivity (Wildman–Crippen MR) is 120 cm³/mol. The van der Waals surface area contributed by atoms with Gasteiger partial charge in [-0.15, -0.1) is 10.2 Å². The lowest BCUT2D eigenvalue weighted by atomic mass is 10.2. The van der Waals surface area contributed by atoms with Crippen LogP contribution in [0.4, 0.5) is 10.2 Å². The number of aromatic nitrogens is 5. The van der Waals surface area contributed by atoms with Crippen LogP contribution in [0.25, 0.3) is 11.5 Å². The monoisotopic (exact) mass is 496 g/mol. The van der Waals surface area contributed by atoms with Crippen LogP contribution in [-0.4, -0.2) is 30.6 Å². The van der Waals surface area contributed by atoms with Crippen molar-refractivity contribution in [1.29, 1.82) is 0 Å². The van der Waals surface area contributed by atoms with Gasteiger partial charge in [-0.05, 0) is 66.2 Å². The van der Waals surface area contributed by atoms with Gasteiger partial charge in [0.15, 0.2) is 5.82 Å². The number of carbonyl (C=O) groups excluding carboxylic acids is 1. The van der Waals surface area contributed by atoms with Crippen molar-refractivity contribution in [3.8, 4) is 23.1 Å². The standard InChI is InChI=1S/C22H18BrFN6O2/c1-13(2)30-12-26-29-21(30)18-4-3-5-19(27-18)28-22(31)16-10-15(7-8-17(16)24)32-20-9-6-14(23)11-25-20/h3-13H,1-2H3,(H,27,28,31). The fourth-order valence-electron chi connectivity index (χ4n) is 2.90. The number of benzene rings is 1. The number of ether oxygens (including phenoxy) is 1. The summed E-state index contributed by atoms with van der Waals surface area (Å²) in [5, 5.41) is 10.7. The zero-order valence-corrected chi connectivity index (χ0v) is 18.7. The average molecular weight is 497 g/mol. The molecule has 4 rings (SSSR count). The molecule has 0 spiro atoms. The lowest BCUT2D eigenvalue weighted by Gasteiger charge is -2.11. The van der Waals surface area contributed by atoms with Gasteiger partial charge in [-0.25, -0.2) is 14.4 Å². The summed E-state index contributed by atoms with van der Waals surface area (Å²) in [7, 11) is 0. The normalized spacial score (nSPS) is 10.9. The summed E-state index contributed by atoms with van der Waals surface area (Å²) in [5.74, 6) is 0.0692. The molecule has 0 radical (unpaired) electrons. The minimum Gasteiger partial charge on any atom is -0.439 e. The molecule has 1 amide bonds. The Hall–Kier alpha value is -3.66. The molecule has 0 aliphatic rings. The van der Waals surface area contributed by atoms with Crippen molar-refractivity contribution < 1.29 is 13.9 Å². The number of halogens is 2. The minimum absolute atomic E-state index is 0.136. The zero-order chi connectivity index (χ0) is 22.7. The quantitative estimate of drug-likeness (QED) is 0.391. The molecule has 0 aliphatic heterocycles. The van der Waals surface area contributed by atoms with Crippen molar-refractivity contribution in [2.45, 2.75) is 19.9 Å². The van der Waals surface area contributed by atoms with E-state index in [0.717, 1.165) is 10.5 Å². The van der Waals surface area contributed by atoms with E-state index in [1.165, 1.54) is 12.1 Å². The molecule has 3 heterocycles. The lowest BCUT2D eigenvalue weighted by molar-refractivity contribution is 0.102. The number of pyridine rings is 2. The first-order chi connectivity index (χ1) is 15.4. The van der Waals surface area contributed by atoms with Crippen molar-refractivity contribution >= 4 is 27.7 Å². The number of nitrogens with one attached hydrogen (secondary N) is 1. The van der Waals surface area contributed by atoms with Gasteiger partial charge >= 0.3 is 0 Å². The fourth-order valence-corrected chi connectivity index (χ4v) is 3.14. The summed E-state index contributed by atoms with van der Waals surface area (Å²) in [6.07, 6.45) is 3.19. The molecule has 0 atom stereocenters. The maximum Gasteiger partial charge on any atom is 0.259 e. The van der Waals surface area contributed by atoms with Crippen LogP contribution in [0.5, 0.6) is 11.6 Å². The minimum atomic E-state index is -0.686. The van der Waals surface area contributed by atoms with E-state index in [9.17, 15) is 9.18 Å².